The summed E-state index contributed by atoms with van der Waals surface area (Å²) in [5, 5.41) is 6.13. The van der Waals surface area contributed by atoms with Gasteiger partial charge in [-0.1, -0.05) is 17.7 Å². The minimum Gasteiger partial charge on any atom is -0.354 e. The molecular formula is C12H11BrClFN4. The number of hydrogen-bond acceptors (Lipinski definition) is 4. The zero-order valence-corrected chi connectivity index (χ0v) is 12.4. The van der Waals surface area contributed by atoms with Crippen LogP contribution in [0.15, 0.2) is 28.9 Å². The van der Waals surface area contributed by atoms with Crippen LogP contribution in [-0.2, 0) is 0 Å². The number of rotatable bonds is 4. The number of halogens is 3. The molecule has 0 aliphatic heterocycles. The molecule has 2 N–H and O–H groups in total. The summed E-state index contributed by atoms with van der Waals surface area (Å²) < 4.78 is 14.3. The number of anilines is 3. The second-order valence-electron chi connectivity index (χ2n) is 3.64. The van der Waals surface area contributed by atoms with Crippen LogP contribution in [0.4, 0.5) is 21.8 Å². The molecular weight excluding hydrogens is 335 g/mol. The third kappa shape index (κ3) is 3.33. The second-order valence-corrected chi connectivity index (χ2v) is 4.90. The van der Waals surface area contributed by atoms with Crippen molar-refractivity contribution in [3.63, 3.8) is 0 Å². The van der Waals surface area contributed by atoms with Crippen LogP contribution >= 0.6 is 27.5 Å². The maximum Gasteiger partial charge on any atom is 0.224 e. The van der Waals surface area contributed by atoms with Crippen molar-refractivity contribution in [3.8, 4) is 0 Å². The van der Waals surface area contributed by atoms with Crippen molar-refractivity contribution in [3.05, 3.63) is 39.7 Å². The lowest BCUT2D eigenvalue weighted by molar-refractivity contribution is 0.632. The fraction of sp³-hybridized carbons (Fsp3) is 0.167. The summed E-state index contributed by atoms with van der Waals surface area (Å²) in [6.07, 6.45) is 1.59. The van der Waals surface area contributed by atoms with Crippen LogP contribution in [-0.4, -0.2) is 16.5 Å². The highest BCUT2D eigenvalue weighted by Gasteiger charge is 2.11. The van der Waals surface area contributed by atoms with Crippen molar-refractivity contribution < 1.29 is 4.39 Å². The van der Waals surface area contributed by atoms with Gasteiger partial charge in [0.15, 0.2) is 5.82 Å². The quantitative estimate of drug-likeness (QED) is 0.871. The first kappa shape index (κ1) is 14.0. The topological polar surface area (TPSA) is 49.8 Å². The van der Waals surface area contributed by atoms with Crippen molar-refractivity contribution in [1.29, 1.82) is 0 Å². The van der Waals surface area contributed by atoms with Crippen LogP contribution in [0.1, 0.15) is 6.92 Å². The predicted octanol–water partition coefficient (Wildman–Crippen LogP) is 4.21. The van der Waals surface area contributed by atoms with Gasteiger partial charge < -0.3 is 10.6 Å². The Kier molecular flexibility index (Phi) is 4.55. The van der Waals surface area contributed by atoms with E-state index in [1.54, 1.807) is 18.3 Å². The minimum absolute atomic E-state index is 0.186. The monoisotopic (exact) mass is 344 g/mol. The van der Waals surface area contributed by atoms with Gasteiger partial charge in [-0.15, -0.1) is 0 Å². The number of aromatic nitrogens is 2. The molecule has 1 aromatic heterocycles. The van der Waals surface area contributed by atoms with Gasteiger partial charge in [0.05, 0.1) is 15.2 Å². The highest BCUT2D eigenvalue weighted by atomic mass is 79.9. The third-order valence-corrected chi connectivity index (χ3v) is 3.18. The fourth-order valence-electron chi connectivity index (χ4n) is 1.43. The number of nitrogens with one attached hydrogen (secondary N) is 2. The summed E-state index contributed by atoms with van der Waals surface area (Å²) in [7, 11) is 0. The van der Waals surface area contributed by atoms with Crippen LogP contribution in [0.5, 0.6) is 0 Å². The van der Waals surface area contributed by atoms with Gasteiger partial charge in [0.25, 0.3) is 0 Å². The van der Waals surface area contributed by atoms with E-state index in [0.717, 1.165) is 0 Å². The molecule has 0 bridgehead atoms. The standard InChI is InChI=1S/C12H11BrClFN4/c1-2-16-12-17-6-7(13)11(19-12)18-10-8(14)4-3-5-9(10)15/h3-6H,2H2,1H3,(H2,16,17,18,19). The molecule has 2 rings (SSSR count). The number of para-hydroxylation sites is 1. The lowest BCUT2D eigenvalue weighted by Gasteiger charge is -2.11. The number of benzene rings is 1. The van der Waals surface area contributed by atoms with E-state index in [0.29, 0.717) is 22.8 Å². The molecule has 0 atom stereocenters. The molecule has 0 fully saturated rings. The largest absolute Gasteiger partial charge is 0.354 e. The lowest BCUT2D eigenvalue weighted by atomic mass is 10.3. The van der Waals surface area contributed by atoms with Crippen LogP contribution in [0.2, 0.25) is 5.02 Å². The highest BCUT2D eigenvalue weighted by molar-refractivity contribution is 9.10. The van der Waals surface area contributed by atoms with Crippen molar-refractivity contribution in [2.45, 2.75) is 6.92 Å². The van der Waals surface area contributed by atoms with Gasteiger partial charge >= 0.3 is 0 Å². The van der Waals surface area contributed by atoms with E-state index in [1.807, 2.05) is 6.92 Å². The van der Waals surface area contributed by atoms with Gasteiger partial charge in [0.2, 0.25) is 5.95 Å². The van der Waals surface area contributed by atoms with Gasteiger partial charge in [0, 0.05) is 12.7 Å². The molecule has 0 saturated heterocycles. The molecule has 0 unspecified atom stereocenters. The molecule has 7 heteroatoms. The Morgan fingerprint density at radius 3 is 2.89 bits per heavy atom. The molecule has 0 aliphatic carbocycles. The molecule has 1 aromatic carbocycles. The Balaban J connectivity index is 2.35. The third-order valence-electron chi connectivity index (χ3n) is 2.29. The molecule has 0 amide bonds. The van der Waals surface area contributed by atoms with E-state index in [9.17, 15) is 4.39 Å². The summed E-state index contributed by atoms with van der Waals surface area (Å²) in [4.78, 5) is 8.31. The summed E-state index contributed by atoms with van der Waals surface area (Å²) >= 11 is 9.26. The van der Waals surface area contributed by atoms with E-state index in [4.69, 9.17) is 11.6 Å². The predicted molar refractivity (Wildman–Crippen MR) is 78.6 cm³/mol. The van der Waals surface area contributed by atoms with Crippen LogP contribution in [0.25, 0.3) is 0 Å². The Morgan fingerprint density at radius 1 is 1.42 bits per heavy atom. The summed E-state index contributed by atoms with van der Waals surface area (Å²) in [5.74, 6) is 0.460. The van der Waals surface area contributed by atoms with Crippen LogP contribution in [0.3, 0.4) is 0 Å². The van der Waals surface area contributed by atoms with Gasteiger partial charge in [-0.25, -0.2) is 9.37 Å². The average molecular weight is 346 g/mol. The summed E-state index contributed by atoms with van der Waals surface area (Å²) in [6, 6.07) is 4.48. The Hall–Kier alpha value is -1.40. The van der Waals surface area contributed by atoms with E-state index in [2.05, 4.69) is 36.5 Å². The van der Waals surface area contributed by atoms with Crippen molar-refractivity contribution in [1.82, 2.24) is 9.97 Å². The second kappa shape index (κ2) is 6.16. The Morgan fingerprint density at radius 2 is 2.21 bits per heavy atom. The van der Waals surface area contributed by atoms with Gasteiger partial charge in [0.1, 0.15) is 5.82 Å². The molecule has 0 aliphatic rings. The maximum absolute atomic E-state index is 13.7. The first-order valence-electron chi connectivity index (χ1n) is 5.59. The summed E-state index contributed by atoms with van der Waals surface area (Å²) in [5.41, 5.74) is 0.186. The number of hydrogen-bond donors (Lipinski definition) is 2. The van der Waals surface area contributed by atoms with E-state index < -0.39 is 5.82 Å². The van der Waals surface area contributed by atoms with E-state index in [1.165, 1.54) is 6.07 Å². The van der Waals surface area contributed by atoms with E-state index >= 15 is 0 Å². The van der Waals surface area contributed by atoms with Crippen molar-refractivity contribution in [2.75, 3.05) is 17.2 Å². The Bertz CT molecular complexity index is 574. The molecule has 1 heterocycles. The maximum atomic E-state index is 13.7. The molecule has 4 nitrogen and oxygen atoms in total. The molecule has 100 valence electrons. The normalized spacial score (nSPS) is 10.3. The summed E-state index contributed by atoms with van der Waals surface area (Å²) in [6.45, 7) is 2.63. The molecule has 19 heavy (non-hydrogen) atoms. The van der Waals surface area contributed by atoms with Crippen molar-refractivity contribution in [2.24, 2.45) is 0 Å². The first-order valence-corrected chi connectivity index (χ1v) is 6.76. The SMILES string of the molecule is CCNc1ncc(Br)c(Nc2c(F)cccc2Cl)n1. The van der Waals surface area contributed by atoms with E-state index in [-0.39, 0.29) is 10.7 Å². The fourth-order valence-corrected chi connectivity index (χ4v) is 1.93. The molecule has 0 spiro atoms. The van der Waals surface area contributed by atoms with Crippen LogP contribution in [0, 0.1) is 5.82 Å². The van der Waals surface area contributed by atoms with Crippen LogP contribution < -0.4 is 10.6 Å². The highest BCUT2D eigenvalue weighted by Crippen LogP contribution is 2.30. The molecule has 2 aromatic rings. The zero-order chi connectivity index (χ0) is 13.8. The average Bonchev–Trinajstić information content (AvgIpc) is 2.38. The Labute approximate surface area is 123 Å². The smallest absolute Gasteiger partial charge is 0.224 e. The number of nitrogens with zero attached hydrogens (tertiary/aromatic N) is 2. The zero-order valence-electron chi connectivity index (χ0n) is 10.0. The van der Waals surface area contributed by atoms with Gasteiger partial charge in [-0.3, -0.25) is 0 Å². The van der Waals surface area contributed by atoms with Gasteiger partial charge in [-0.05, 0) is 35.0 Å². The first-order chi connectivity index (χ1) is 9.11. The molecule has 0 radical (unpaired) electrons. The van der Waals surface area contributed by atoms with Crippen molar-refractivity contribution >= 4 is 45.0 Å². The molecule has 0 saturated carbocycles. The minimum atomic E-state index is -0.442. The lowest BCUT2D eigenvalue weighted by Crippen LogP contribution is -2.05. The van der Waals surface area contributed by atoms with Gasteiger partial charge in [-0.2, -0.15) is 4.98 Å².